The van der Waals surface area contributed by atoms with Gasteiger partial charge in [0.1, 0.15) is 6.61 Å². The lowest BCUT2D eigenvalue weighted by molar-refractivity contribution is -0.116. The van der Waals surface area contributed by atoms with Gasteiger partial charge in [0.25, 0.3) is 0 Å². The van der Waals surface area contributed by atoms with Crippen molar-refractivity contribution in [1.29, 1.82) is 0 Å². The van der Waals surface area contributed by atoms with E-state index >= 15 is 0 Å². The second-order valence-electron chi connectivity index (χ2n) is 3.27. The third-order valence-corrected chi connectivity index (χ3v) is 2.16. The predicted molar refractivity (Wildman–Crippen MR) is 56.4 cm³/mol. The van der Waals surface area contributed by atoms with Gasteiger partial charge in [-0.05, 0) is 42.1 Å². The number of ether oxygens (including phenoxy) is 1. The van der Waals surface area contributed by atoms with Gasteiger partial charge in [0, 0.05) is 0 Å². The summed E-state index contributed by atoms with van der Waals surface area (Å²) in [6.07, 6.45) is 0. The Bertz CT molecular complexity index is 334. The first-order chi connectivity index (χ1) is 6.59. The summed E-state index contributed by atoms with van der Waals surface area (Å²) >= 11 is 5.14. The molecule has 0 N–H and O–H groups in total. The Hall–Kier alpha value is -0.860. The lowest BCUT2D eigenvalue weighted by Gasteiger charge is -2.04. The molecular weight excluding hydrogens is 200 g/mol. The zero-order valence-electron chi connectivity index (χ0n) is 8.34. The minimum absolute atomic E-state index is 0.0333. The fourth-order valence-corrected chi connectivity index (χ4v) is 1.22. The van der Waals surface area contributed by atoms with E-state index in [0.717, 1.165) is 5.56 Å². The summed E-state index contributed by atoms with van der Waals surface area (Å²) in [6, 6.07) is 6.08. The van der Waals surface area contributed by atoms with Gasteiger partial charge in [-0.15, -0.1) is 0 Å². The number of benzene rings is 1. The van der Waals surface area contributed by atoms with Crippen molar-refractivity contribution >= 4 is 16.8 Å². The molecule has 76 valence electrons. The average Bonchev–Trinajstić information content (AvgIpc) is 2.10. The van der Waals surface area contributed by atoms with Crippen LogP contribution < -0.4 is 0 Å². The maximum Gasteiger partial charge on any atom is 0.247 e. The van der Waals surface area contributed by atoms with Crippen molar-refractivity contribution in [3.63, 3.8) is 0 Å². The smallest absolute Gasteiger partial charge is 0.247 e. The standard InChI is InChI=1S/C11H13ClO2/c1-8-3-4-10(5-9(8)2)6-14-7-11(12)13/h3-5H,6-7H2,1-2H3. The van der Waals surface area contributed by atoms with Crippen LogP contribution in [0.4, 0.5) is 0 Å². The Kier molecular flexibility index (Phi) is 4.11. The highest BCUT2D eigenvalue weighted by Crippen LogP contribution is 2.10. The summed E-state index contributed by atoms with van der Waals surface area (Å²) < 4.78 is 5.09. The van der Waals surface area contributed by atoms with Crippen LogP contribution in [0.25, 0.3) is 0 Å². The highest BCUT2D eigenvalue weighted by molar-refractivity contribution is 6.63. The maximum atomic E-state index is 10.4. The Morgan fingerprint density at radius 2 is 2.07 bits per heavy atom. The van der Waals surface area contributed by atoms with Crippen LogP contribution in [0, 0.1) is 13.8 Å². The van der Waals surface area contributed by atoms with Crippen molar-refractivity contribution in [2.45, 2.75) is 20.5 Å². The van der Waals surface area contributed by atoms with Crippen molar-refractivity contribution in [3.05, 3.63) is 34.9 Å². The van der Waals surface area contributed by atoms with E-state index in [1.54, 1.807) is 0 Å². The zero-order valence-corrected chi connectivity index (χ0v) is 9.10. The molecule has 2 nitrogen and oxygen atoms in total. The molecule has 1 rings (SSSR count). The summed E-state index contributed by atoms with van der Waals surface area (Å²) in [7, 11) is 0. The van der Waals surface area contributed by atoms with E-state index in [4.69, 9.17) is 16.3 Å². The number of rotatable bonds is 4. The Morgan fingerprint density at radius 1 is 1.36 bits per heavy atom. The van der Waals surface area contributed by atoms with Gasteiger partial charge < -0.3 is 4.74 Å². The van der Waals surface area contributed by atoms with Gasteiger partial charge in [0.15, 0.2) is 0 Å². The number of hydrogen-bond donors (Lipinski definition) is 0. The third kappa shape index (κ3) is 3.48. The minimum Gasteiger partial charge on any atom is -0.368 e. The molecule has 0 heterocycles. The Balaban J connectivity index is 2.51. The van der Waals surface area contributed by atoms with Crippen LogP contribution in [0.3, 0.4) is 0 Å². The number of halogens is 1. The molecular formula is C11H13ClO2. The summed E-state index contributed by atoms with van der Waals surface area (Å²) in [4.78, 5) is 10.4. The van der Waals surface area contributed by atoms with Crippen LogP contribution in [-0.2, 0) is 16.1 Å². The van der Waals surface area contributed by atoms with Gasteiger partial charge >= 0.3 is 0 Å². The highest BCUT2D eigenvalue weighted by atomic mass is 35.5. The molecule has 0 spiro atoms. The van der Waals surface area contributed by atoms with Gasteiger partial charge in [-0.1, -0.05) is 18.2 Å². The monoisotopic (exact) mass is 212 g/mol. The minimum atomic E-state index is -0.464. The normalized spacial score (nSPS) is 10.2. The first-order valence-corrected chi connectivity index (χ1v) is 4.79. The predicted octanol–water partition coefficient (Wildman–Crippen LogP) is 2.59. The number of carbonyl (C=O) groups is 1. The van der Waals surface area contributed by atoms with Crippen LogP contribution in [-0.4, -0.2) is 11.8 Å². The summed E-state index contributed by atoms with van der Waals surface area (Å²) in [5, 5.41) is -0.464. The molecule has 1 aromatic carbocycles. The first kappa shape index (κ1) is 11.2. The van der Waals surface area contributed by atoms with Crippen molar-refractivity contribution in [2.24, 2.45) is 0 Å². The second-order valence-corrected chi connectivity index (χ2v) is 3.69. The lowest BCUT2D eigenvalue weighted by Crippen LogP contribution is -2.01. The van der Waals surface area contributed by atoms with Crippen LogP contribution in [0.15, 0.2) is 18.2 Å². The fraction of sp³-hybridized carbons (Fsp3) is 0.364. The maximum absolute atomic E-state index is 10.4. The van der Waals surface area contributed by atoms with Crippen LogP contribution in [0.1, 0.15) is 16.7 Å². The van der Waals surface area contributed by atoms with Crippen molar-refractivity contribution in [1.82, 2.24) is 0 Å². The molecule has 3 heteroatoms. The number of aryl methyl sites for hydroxylation is 2. The molecule has 0 fully saturated rings. The Labute approximate surface area is 88.8 Å². The van der Waals surface area contributed by atoms with E-state index in [1.165, 1.54) is 11.1 Å². The number of carbonyl (C=O) groups excluding carboxylic acids is 1. The molecule has 0 saturated heterocycles. The average molecular weight is 213 g/mol. The van der Waals surface area contributed by atoms with E-state index in [1.807, 2.05) is 25.1 Å². The second kappa shape index (κ2) is 5.13. The molecule has 0 aliphatic rings. The molecule has 0 amide bonds. The van der Waals surface area contributed by atoms with Gasteiger partial charge in [-0.25, -0.2) is 0 Å². The molecule has 0 radical (unpaired) electrons. The summed E-state index contributed by atoms with van der Waals surface area (Å²) in [5.41, 5.74) is 3.54. The fourth-order valence-electron chi connectivity index (χ4n) is 1.14. The SMILES string of the molecule is Cc1ccc(COCC(=O)Cl)cc1C. The molecule has 0 bridgehead atoms. The molecule has 0 atom stereocenters. The van der Waals surface area contributed by atoms with E-state index in [9.17, 15) is 4.79 Å². The van der Waals surface area contributed by atoms with Crippen LogP contribution in [0.5, 0.6) is 0 Å². The van der Waals surface area contributed by atoms with Gasteiger partial charge in [-0.3, -0.25) is 4.79 Å². The van der Waals surface area contributed by atoms with Gasteiger partial charge in [-0.2, -0.15) is 0 Å². The largest absolute Gasteiger partial charge is 0.368 e. The van der Waals surface area contributed by atoms with E-state index in [2.05, 4.69) is 6.92 Å². The topological polar surface area (TPSA) is 26.3 Å². The lowest BCUT2D eigenvalue weighted by atomic mass is 10.1. The zero-order chi connectivity index (χ0) is 10.6. The van der Waals surface area contributed by atoms with Crippen molar-refractivity contribution in [2.75, 3.05) is 6.61 Å². The van der Waals surface area contributed by atoms with Gasteiger partial charge in [0.05, 0.1) is 6.61 Å². The first-order valence-electron chi connectivity index (χ1n) is 4.42. The van der Waals surface area contributed by atoms with Crippen LogP contribution >= 0.6 is 11.6 Å². The Morgan fingerprint density at radius 3 is 2.64 bits per heavy atom. The molecule has 0 aliphatic carbocycles. The molecule has 0 aliphatic heterocycles. The molecule has 1 aromatic rings. The molecule has 14 heavy (non-hydrogen) atoms. The van der Waals surface area contributed by atoms with E-state index in [-0.39, 0.29) is 6.61 Å². The summed E-state index contributed by atoms with van der Waals surface area (Å²) in [5.74, 6) is 0. The summed E-state index contributed by atoms with van der Waals surface area (Å²) in [6.45, 7) is 4.50. The highest BCUT2D eigenvalue weighted by Gasteiger charge is 1.99. The van der Waals surface area contributed by atoms with Gasteiger partial charge in [0.2, 0.25) is 5.24 Å². The molecule has 0 aromatic heterocycles. The molecule has 0 unspecified atom stereocenters. The van der Waals surface area contributed by atoms with Crippen molar-refractivity contribution in [3.8, 4) is 0 Å². The van der Waals surface area contributed by atoms with Crippen LogP contribution in [0.2, 0.25) is 0 Å². The quantitative estimate of drug-likeness (QED) is 0.718. The van der Waals surface area contributed by atoms with E-state index in [0.29, 0.717) is 6.61 Å². The van der Waals surface area contributed by atoms with E-state index < -0.39 is 5.24 Å². The van der Waals surface area contributed by atoms with Crippen molar-refractivity contribution < 1.29 is 9.53 Å². The number of hydrogen-bond acceptors (Lipinski definition) is 2. The molecule has 0 saturated carbocycles. The third-order valence-electron chi connectivity index (χ3n) is 2.06.